The Morgan fingerprint density at radius 2 is 2.18 bits per heavy atom. The van der Waals surface area contributed by atoms with Crippen LogP contribution in [0.25, 0.3) is 0 Å². The highest BCUT2D eigenvalue weighted by atomic mass is 19.1. The van der Waals surface area contributed by atoms with Crippen molar-refractivity contribution in [3.8, 4) is 5.75 Å². The predicted octanol–water partition coefficient (Wildman–Crippen LogP) is 2.24. The number of hydrogen-bond acceptors (Lipinski definition) is 3. The topological polar surface area (TPSA) is 29.5 Å². The largest absolute Gasteiger partial charge is 0.482 e. The second-order valence-electron chi connectivity index (χ2n) is 3.90. The summed E-state index contributed by atoms with van der Waals surface area (Å²) in [4.78, 5) is 13.4. The molecule has 0 spiro atoms. The van der Waals surface area contributed by atoms with Gasteiger partial charge in [0.15, 0.2) is 11.9 Å². The first kappa shape index (κ1) is 13.2. The summed E-state index contributed by atoms with van der Waals surface area (Å²) in [6.07, 6.45) is 2.45. The lowest BCUT2D eigenvalue weighted by Gasteiger charge is -2.12. The smallest absolute Gasteiger partial charge is 0.197 e. The first-order chi connectivity index (χ1) is 7.99. The van der Waals surface area contributed by atoms with Crippen LogP contribution in [0.15, 0.2) is 36.5 Å². The van der Waals surface area contributed by atoms with Crippen LogP contribution >= 0.6 is 0 Å². The number of carbonyl (C=O) groups is 1. The lowest BCUT2D eigenvalue weighted by atomic mass is 10.2. The molecule has 92 valence electrons. The van der Waals surface area contributed by atoms with Crippen molar-refractivity contribution in [2.24, 2.45) is 0 Å². The fraction of sp³-hybridized carbons (Fsp3) is 0.308. The van der Waals surface area contributed by atoms with Crippen molar-refractivity contribution in [2.45, 2.75) is 13.0 Å². The van der Waals surface area contributed by atoms with E-state index < -0.39 is 6.10 Å². The van der Waals surface area contributed by atoms with Gasteiger partial charge in [0.25, 0.3) is 0 Å². The Balaban J connectivity index is 2.60. The fourth-order valence-corrected chi connectivity index (χ4v) is 1.16. The quantitative estimate of drug-likeness (QED) is 0.735. The van der Waals surface area contributed by atoms with Gasteiger partial charge >= 0.3 is 0 Å². The number of rotatable bonds is 5. The minimum Gasteiger partial charge on any atom is -0.482 e. The highest BCUT2D eigenvalue weighted by molar-refractivity contribution is 5.93. The van der Waals surface area contributed by atoms with Gasteiger partial charge in [0, 0.05) is 32.4 Å². The summed E-state index contributed by atoms with van der Waals surface area (Å²) in [7, 11) is 3.64. The van der Waals surface area contributed by atoms with E-state index in [9.17, 15) is 9.18 Å². The van der Waals surface area contributed by atoms with E-state index >= 15 is 0 Å². The van der Waals surface area contributed by atoms with Gasteiger partial charge in [-0.05, 0) is 19.1 Å². The Bertz CT molecular complexity index is 416. The minimum absolute atomic E-state index is 0.164. The molecule has 0 amide bonds. The van der Waals surface area contributed by atoms with Crippen LogP contribution in [-0.4, -0.2) is 30.9 Å². The number of hydrogen-bond donors (Lipinski definition) is 0. The molecule has 3 nitrogen and oxygen atoms in total. The molecule has 0 saturated carbocycles. The molecule has 17 heavy (non-hydrogen) atoms. The molecule has 1 aromatic carbocycles. The molecule has 0 aliphatic carbocycles. The summed E-state index contributed by atoms with van der Waals surface area (Å²) in [6.45, 7) is 1.63. The summed E-state index contributed by atoms with van der Waals surface area (Å²) in [6, 6.07) is 5.73. The van der Waals surface area contributed by atoms with E-state index in [-0.39, 0.29) is 11.6 Å². The van der Waals surface area contributed by atoms with Gasteiger partial charge in [0.2, 0.25) is 0 Å². The third-order valence-electron chi connectivity index (χ3n) is 2.05. The van der Waals surface area contributed by atoms with Gasteiger partial charge in [-0.3, -0.25) is 4.79 Å². The van der Waals surface area contributed by atoms with Crippen LogP contribution < -0.4 is 4.74 Å². The van der Waals surface area contributed by atoms with Crippen molar-refractivity contribution in [1.29, 1.82) is 0 Å². The number of ketones is 1. The summed E-state index contributed by atoms with van der Waals surface area (Å²) >= 11 is 0. The van der Waals surface area contributed by atoms with Crippen molar-refractivity contribution < 1.29 is 13.9 Å². The summed E-state index contributed by atoms with van der Waals surface area (Å²) in [5.74, 6) is -0.196. The molecule has 1 atom stereocenters. The molecule has 1 aromatic rings. The average Bonchev–Trinajstić information content (AvgIpc) is 2.25. The van der Waals surface area contributed by atoms with Crippen molar-refractivity contribution in [1.82, 2.24) is 4.90 Å². The zero-order valence-corrected chi connectivity index (χ0v) is 10.2. The number of carbonyl (C=O) groups excluding carboxylic acids is 1. The fourth-order valence-electron chi connectivity index (χ4n) is 1.16. The second kappa shape index (κ2) is 6.03. The number of nitrogens with zero attached hydrogens (tertiary/aromatic N) is 1. The third-order valence-corrected chi connectivity index (χ3v) is 2.05. The summed E-state index contributed by atoms with van der Waals surface area (Å²) in [5, 5.41) is 0. The molecule has 0 heterocycles. The highest BCUT2D eigenvalue weighted by Gasteiger charge is 2.11. The van der Waals surface area contributed by atoms with Gasteiger partial charge < -0.3 is 9.64 Å². The van der Waals surface area contributed by atoms with Gasteiger partial charge in [-0.15, -0.1) is 0 Å². The van der Waals surface area contributed by atoms with Crippen LogP contribution in [0.5, 0.6) is 5.75 Å². The maximum atomic E-state index is 12.9. The Hall–Kier alpha value is -1.84. The van der Waals surface area contributed by atoms with Crippen LogP contribution in [0.1, 0.15) is 6.92 Å². The number of halogens is 1. The average molecular weight is 237 g/mol. The van der Waals surface area contributed by atoms with Gasteiger partial charge in [0.05, 0.1) is 0 Å². The second-order valence-corrected chi connectivity index (χ2v) is 3.90. The molecule has 0 N–H and O–H groups in total. The van der Waals surface area contributed by atoms with Crippen LogP contribution in [-0.2, 0) is 4.79 Å². The molecule has 0 radical (unpaired) electrons. The van der Waals surface area contributed by atoms with Crippen LogP contribution in [0.2, 0.25) is 0 Å². The van der Waals surface area contributed by atoms with Crippen molar-refractivity contribution in [2.75, 3.05) is 14.1 Å². The summed E-state index contributed by atoms with van der Waals surface area (Å²) in [5.41, 5.74) is 0. The molecule has 1 rings (SSSR count). The van der Waals surface area contributed by atoms with Gasteiger partial charge in [-0.1, -0.05) is 6.07 Å². The zero-order chi connectivity index (χ0) is 12.8. The van der Waals surface area contributed by atoms with Gasteiger partial charge in [-0.2, -0.15) is 0 Å². The zero-order valence-electron chi connectivity index (χ0n) is 10.2. The molecule has 0 aromatic heterocycles. The predicted molar refractivity (Wildman–Crippen MR) is 64.3 cm³/mol. The molecular formula is C13H16FNO2. The monoisotopic (exact) mass is 237 g/mol. The Kier molecular flexibility index (Phi) is 4.69. The molecule has 0 aliphatic heterocycles. The maximum Gasteiger partial charge on any atom is 0.197 e. The standard InChI is InChI=1S/C13H16FNO2/c1-10(13(16)7-8-15(2)3)17-12-6-4-5-11(14)9-12/h4-10H,1-3H3/b8-7-/t10-/m0/s1. The molecule has 0 bridgehead atoms. The summed E-state index contributed by atoms with van der Waals surface area (Å²) < 4.78 is 18.2. The van der Waals surface area contributed by atoms with E-state index in [1.807, 2.05) is 14.1 Å². The molecule has 0 saturated heterocycles. The molecule has 0 aliphatic rings. The van der Waals surface area contributed by atoms with E-state index in [4.69, 9.17) is 4.74 Å². The van der Waals surface area contributed by atoms with Crippen LogP contribution in [0.3, 0.4) is 0 Å². The highest BCUT2D eigenvalue weighted by Crippen LogP contribution is 2.14. The van der Waals surface area contributed by atoms with E-state index in [0.717, 1.165) is 0 Å². The van der Waals surface area contributed by atoms with Crippen molar-refractivity contribution in [3.05, 3.63) is 42.4 Å². The molecule has 0 unspecified atom stereocenters. The van der Waals surface area contributed by atoms with Gasteiger partial charge in [-0.25, -0.2) is 4.39 Å². The minimum atomic E-state index is -0.631. The number of ether oxygens (including phenoxy) is 1. The van der Waals surface area contributed by atoms with Crippen LogP contribution in [0, 0.1) is 5.82 Å². The normalized spacial score (nSPS) is 12.5. The Labute approximate surface area is 100 Å². The van der Waals surface area contributed by atoms with E-state index in [1.54, 1.807) is 24.1 Å². The van der Waals surface area contributed by atoms with Crippen molar-refractivity contribution >= 4 is 5.78 Å². The Morgan fingerprint density at radius 3 is 2.76 bits per heavy atom. The van der Waals surface area contributed by atoms with Gasteiger partial charge in [0.1, 0.15) is 11.6 Å². The third kappa shape index (κ3) is 4.68. The Morgan fingerprint density at radius 1 is 1.47 bits per heavy atom. The van der Waals surface area contributed by atoms with Crippen LogP contribution in [0.4, 0.5) is 4.39 Å². The first-order valence-electron chi connectivity index (χ1n) is 5.29. The number of benzene rings is 1. The molecule has 0 fully saturated rings. The lowest BCUT2D eigenvalue weighted by molar-refractivity contribution is -0.120. The first-order valence-corrected chi connectivity index (χ1v) is 5.29. The SMILES string of the molecule is C[C@H](Oc1cccc(F)c1)C(=O)/C=C\N(C)C. The molecule has 4 heteroatoms. The lowest BCUT2D eigenvalue weighted by Crippen LogP contribution is -2.22. The van der Waals surface area contributed by atoms with E-state index in [1.165, 1.54) is 24.3 Å². The van der Waals surface area contributed by atoms with Crippen molar-refractivity contribution in [3.63, 3.8) is 0 Å². The van der Waals surface area contributed by atoms with E-state index in [2.05, 4.69) is 0 Å². The molecular weight excluding hydrogens is 221 g/mol. The maximum absolute atomic E-state index is 12.9. The van der Waals surface area contributed by atoms with E-state index in [0.29, 0.717) is 5.75 Å².